The number of fused-ring (bicyclic) bond motifs is 8. The van der Waals surface area contributed by atoms with Gasteiger partial charge in [0.2, 0.25) is 0 Å². The third kappa shape index (κ3) is 6.52. The van der Waals surface area contributed by atoms with Crippen LogP contribution in [-0.4, -0.2) is 33.7 Å². The third-order valence-corrected chi connectivity index (χ3v) is 20.0. The van der Waals surface area contributed by atoms with E-state index in [9.17, 15) is 9.59 Å². The molecule has 8 atom stereocenters. The molecule has 0 aliphatic heterocycles. The van der Waals surface area contributed by atoms with Gasteiger partial charge in [0, 0.05) is 0 Å². The average Bonchev–Trinajstić information content (AvgIpc) is 3.68. The molecule has 7 heteroatoms. The van der Waals surface area contributed by atoms with Crippen LogP contribution < -0.4 is 5.63 Å². The molecule has 3 aromatic rings. The van der Waals surface area contributed by atoms with Crippen molar-refractivity contribution in [3.8, 4) is 0 Å². The van der Waals surface area contributed by atoms with Crippen LogP contribution >= 0.6 is 15.9 Å². The van der Waals surface area contributed by atoms with Crippen molar-refractivity contribution in [3.05, 3.63) is 54.7 Å². The molecular weight excluding hydrogens is 791 g/mol. The zero-order valence-electron chi connectivity index (χ0n) is 33.0. The molecule has 5 aliphatic rings. The van der Waals surface area contributed by atoms with Crippen LogP contribution in [0.15, 0.2) is 43.5 Å². The molecule has 2 heterocycles. The van der Waals surface area contributed by atoms with Crippen molar-refractivity contribution in [3.63, 3.8) is 0 Å². The SMILES string of the molecule is COC1(c2[se]c3c(ccc4cc(C(=O)O[C@H]5CC[C@@]6(C)C(=CC[C@H]7[C@@H]8CC[C@H]([C@H](C)CCCC(C)C)[C@@]8(C)CC[C@@H]76)C5)c(=O)oc43)c2Br)CCCCC1. The van der Waals surface area contributed by atoms with Gasteiger partial charge in [-0.1, -0.05) is 47.0 Å². The first kappa shape index (κ1) is 38.2. The zero-order chi connectivity index (χ0) is 37.3. The van der Waals surface area contributed by atoms with E-state index in [2.05, 4.69) is 62.7 Å². The molecule has 1 aromatic carbocycles. The summed E-state index contributed by atoms with van der Waals surface area (Å²) in [6, 6.07) is 5.77. The van der Waals surface area contributed by atoms with E-state index in [0.29, 0.717) is 11.0 Å². The van der Waals surface area contributed by atoms with Crippen molar-refractivity contribution in [2.24, 2.45) is 46.3 Å². The fourth-order valence-corrected chi connectivity index (χ4v) is 17.1. The van der Waals surface area contributed by atoms with Gasteiger partial charge in [0.05, 0.1) is 0 Å². The quantitative estimate of drug-likeness (QED) is 0.0928. The summed E-state index contributed by atoms with van der Waals surface area (Å²) in [6.45, 7) is 12.5. The van der Waals surface area contributed by atoms with E-state index < -0.39 is 11.6 Å². The minimum atomic E-state index is -0.606. The van der Waals surface area contributed by atoms with Gasteiger partial charge in [-0.2, -0.15) is 0 Å². The fraction of sp³-hybridized carbons (Fsp3) is 0.696. The molecule has 4 fully saturated rings. The van der Waals surface area contributed by atoms with Gasteiger partial charge in [0.1, 0.15) is 0 Å². The maximum absolute atomic E-state index is 13.7. The number of benzene rings is 1. The summed E-state index contributed by atoms with van der Waals surface area (Å²) < 4.78 is 21.8. The third-order valence-electron chi connectivity index (χ3n) is 15.7. The molecule has 5 aliphatic carbocycles. The van der Waals surface area contributed by atoms with Crippen molar-refractivity contribution in [1.82, 2.24) is 0 Å². The number of allylic oxidation sites excluding steroid dienone is 1. The van der Waals surface area contributed by atoms with E-state index in [1.165, 1.54) is 67.8 Å². The fourth-order valence-electron chi connectivity index (χ4n) is 12.8. The van der Waals surface area contributed by atoms with Crippen LogP contribution in [0.4, 0.5) is 0 Å². The van der Waals surface area contributed by atoms with Gasteiger partial charge < -0.3 is 0 Å². The molecule has 288 valence electrons. The van der Waals surface area contributed by atoms with Crippen LogP contribution in [0.25, 0.3) is 20.6 Å². The molecule has 0 N–H and O–H groups in total. The molecule has 2 aromatic heterocycles. The Hall–Kier alpha value is -1.66. The Morgan fingerprint density at radius 3 is 2.55 bits per heavy atom. The molecular formula is C46H61BrO5Se. The molecule has 0 amide bonds. The standard InChI is InChI=1S/C46H61BrO5Se/c1-27(2)11-10-12-28(3)35-17-18-36-32-16-14-30-26-31(19-23-44(30,4)37(32)20-24-45(35,36)5)51-42(48)34-25-29-13-15-33-38(47)41(46(50-6)21-8-7-9-22-46)53-40(33)39(29)52-43(34)49/h13-15,25,27-28,31-32,35-37H,7-12,16-24,26H2,1-6H3/t28-,31+,32+,35-,36+,37+,44+,45-/m1/s1. The van der Waals surface area contributed by atoms with E-state index in [0.717, 1.165) is 100.0 Å². The van der Waals surface area contributed by atoms with Crippen molar-refractivity contribution in [2.75, 3.05) is 7.11 Å². The summed E-state index contributed by atoms with van der Waals surface area (Å²) in [5, 5.41) is 1.85. The first-order valence-electron chi connectivity index (χ1n) is 21.0. The van der Waals surface area contributed by atoms with Crippen molar-refractivity contribution >= 4 is 57.0 Å². The molecule has 5 nitrogen and oxygen atoms in total. The summed E-state index contributed by atoms with van der Waals surface area (Å²) in [5.74, 6) is 4.26. The van der Waals surface area contributed by atoms with Crippen LogP contribution in [-0.2, 0) is 15.1 Å². The molecule has 0 unspecified atom stereocenters. The van der Waals surface area contributed by atoms with Crippen LogP contribution in [0, 0.1) is 46.3 Å². The Balaban J connectivity index is 0.968. The number of halogens is 1. The van der Waals surface area contributed by atoms with E-state index >= 15 is 0 Å². The van der Waals surface area contributed by atoms with E-state index in [4.69, 9.17) is 13.9 Å². The average molecular weight is 853 g/mol. The Morgan fingerprint density at radius 2 is 1.79 bits per heavy atom. The predicted molar refractivity (Wildman–Crippen MR) is 219 cm³/mol. The summed E-state index contributed by atoms with van der Waals surface area (Å²) in [4.78, 5) is 27.2. The van der Waals surface area contributed by atoms with E-state index in [1.54, 1.807) is 6.07 Å². The first-order chi connectivity index (χ1) is 25.4. The molecule has 0 radical (unpaired) electrons. The Kier molecular flexibility index (Phi) is 10.6. The normalized spacial score (nSPS) is 33.0. The predicted octanol–water partition coefficient (Wildman–Crippen LogP) is 12.1. The minimum absolute atomic E-state index is 0.00245. The first-order valence-corrected chi connectivity index (χ1v) is 23.5. The van der Waals surface area contributed by atoms with Gasteiger partial charge in [-0.3, -0.25) is 0 Å². The number of ether oxygens (including phenoxy) is 2. The zero-order valence-corrected chi connectivity index (χ0v) is 36.3. The number of rotatable bonds is 9. The molecule has 4 saturated carbocycles. The van der Waals surface area contributed by atoms with Gasteiger partial charge in [-0.15, -0.1) is 0 Å². The number of carbonyl (C=O) groups is 1. The number of hydrogen-bond donors (Lipinski definition) is 0. The molecule has 53 heavy (non-hydrogen) atoms. The molecule has 0 saturated heterocycles. The number of methoxy groups -OCH3 is 1. The van der Waals surface area contributed by atoms with Crippen molar-refractivity contribution < 1.29 is 18.7 Å². The monoisotopic (exact) mass is 852 g/mol. The van der Waals surface area contributed by atoms with Crippen molar-refractivity contribution in [1.29, 1.82) is 0 Å². The van der Waals surface area contributed by atoms with Gasteiger partial charge in [-0.25, -0.2) is 0 Å². The Morgan fingerprint density at radius 1 is 1.00 bits per heavy atom. The van der Waals surface area contributed by atoms with Gasteiger partial charge >= 0.3 is 225 Å². The van der Waals surface area contributed by atoms with Gasteiger partial charge in [-0.05, 0) is 60.7 Å². The number of carbonyl (C=O) groups excluding carboxylic acids is 1. The second kappa shape index (κ2) is 14.7. The van der Waals surface area contributed by atoms with E-state index in [-0.39, 0.29) is 37.2 Å². The van der Waals surface area contributed by atoms with Gasteiger partial charge in [0.25, 0.3) is 0 Å². The van der Waals surface area contributed by atoms with Crippen LogP contribution in [0.2, 0.25) is 0 Å². The Labute approximate surface area is 331 Å². The number of hydrogen-bond acceptors (Lipinski definition) is 5. The van der Waals surface area contributed by atoms with Crippen LogP contribution in [0.1, 0.15) is 152 Å². The Bertz CT molecular complexity index is 1950. The summed E-state index contributed by atoms with van der Waals surface area (Å²) in [5.41, 5.74) is 1.87. The van der Waals surface area contributed by atoms with E-state index in [1.807, 2.05) is 13.2 Å². The topological polar surface area (TPSA) is 65.7 Å². The molecule has 8 rings (SSSR count). The second-order valence-electron chi connectivity index (χ2n) is 18.9. The van der Waals surface area contributed by atoms with Crippen molar-refractivity contribution in [2.45, 2.75) is 149 Å². The van der Waals surface area contributed by atoms with Crippen LogP contribution in [0.3, 0.4) is 0 Å². The maximum atomic E-state index is 13.7. The summed E-state index contributed by atoms with van der Waals surface area (Å²) in [6.07, 6.45) is 21.4. The molecule has 0 bridgehead atoms. The summed E-state index contributed by atoms with van der Waals surface area (Å²) >= 11 is 3.86. The van der Waals surface area contributed by atoms with Crippen LogP contribution in [0.5, 0.6) is 0 Å². The number of esters is 1. The molecule has 0 spiro atoms. The summed E-state index contributed by atoms with van der Waals surface area (Å²) in [7, 11) is 1.83. The van der Waals surface area contributed by atoms with Gasteiger partial charge in [0.15, 0.2) is 0 Å². The second-order valence-corrected chi connectivity index (χ2v) is 21.8.